The van der Waals surface area contributed by atoms with Gasteiger partial charge in [0.15, 0.2) is 0 Å². The summed E-state index contributed by atoms with van der Waals surface area (Å²) < 4.78 is 28.6. The number of nitrogens with one attached hydrogen (secondary N) is 2. The van der Waals surface area contributed by atoms with Crippen LogP contribution in [0.25, 0.3) is 0 Å². The summed E-state index contributed by atoms with van der Waals surface area (Å²) in [5, 5.41) is 2.99. The first-order valence-electron chi connectivity index (χ1n) is 10.4. The number of sulfonamides is 1. The molecule has 7 nitrogen and oxygen atoms in total. The first-order valence-corrected chi connectivity index (χ1v) is 11.9. The predicted octanol–water partition coefficient (Wildman–Crippen LogP) is 2.35. The largest absolute Gasteiger partial charge is 0.352 e. The van der Waals surface area contributed by atoms with Crippen LogP contribution >= 0.6 is 0 Å². The highest BCUT2D eigenvalue weighted by Crippen LogP contribution is 2.29. The molecule has 1 fully saturated rings. The van der Waals surface area contributed by atoms with Crippen molar-refractivity contribution >= 4 is 27.5 Å². The van der Waals surface area contributed by atoms with Crippen molar-refractivity contribution in [3.05, 3.63) is 23.8 Å². The molecule has 29 heavy (non-hydrogen) atoms. The number of rotatable bonds is 6. The van der Waals surface area contributed by atoms with E-state index >= 15 is 0 Å². The Labute approximate surface area is 173 Å². The Hall–Kier alpha value is -1.93. The van der Waals surface area contributed by atoms with Crippen LogP contribution in [0.3, 0.4) is 0 Å². The van der Waals surface area contributed by atoms with Crippen LogP contribution in [-0.4, -0.2) is 38.9 Å². The number of carbonyl (C=O) groups is 2. The van der Waals surface area contributed by atoms with Crippen molar-refractivity contribution in [3.63, 3.8) is 0 Å². The Balaban J connectivity index is 1.80. The number of hydrogen-bond donors (Lipinski definition) is 2. The molecule has 1 saturated carbocycles. The molecule has 0 radical (unpaired) electrons. The van der Waals surface area contributed by atoms with E-state index in [1.165, 1.54) is 13.0 Å². The van der Waals surface area contributed by atoms with Gasteiger partial charge in [-0.1, -0.05) is 26.7 Å². The lowest BCUT2D eigenvalue weighted by atomic mass is 10.0. The second kappa shape index (κ2) is 8.83. The zero-order chi connectivity index (χ0) is 21.2. The van der Waals surface area contributed by atoms with Gasteiger partial charge in [-0.05, 0) is 55.4 Å². The summed E-state index contributed by atoms with van der Waals surface area (Å²) in [5.74, 6) is -0.503. The van der Waals surface area contributed by atoms with Crippen LogP contribution in [0.1, 0.15) is 58.4 Å². The van der Waals surface area contributed by atoms with Crippen molar-refractivity contribution in [3.8, 4) is 0 Å². The van der Waals surface area contributed by atoms with Gasteiger partial charge in [0.25, 0.3) is 0 Å². The molecule has 1 atom stereocenters. The third-order valence-electron chi connectivity index (χ3n) is 5.79. The van der Waals surface area contributed by atoms with E-state index in [1.807, 2.05) is 13.8 Å². The predicted molar refractivity (Wildman–Crippen MR) is 112 cm³/mol. The van der Waals surface area contributed by atoms with Crippen LogP contribution in [0.5, 0.6) is 0 Å². The second-order valence-electron chi connectivity index (χ2n) is 8.40. The first-order chi connectivity index (χ1) is 13.7. The Morgan fingerprint density at radius 2 is 1.83 bits per heavy atom. The molecular formula is C21H31N3O4S. The quantitative estimate of drug-likeness (QED) is 0.737. The van der Waals surface area contributed by atoms with Crippen LogP contribution < -0.4 is 14.9 Å². The topological polar surface area (TPSA) is 95.6 Å². The Morgan fingerprint density at radius 3 is 2.45 bits per heavy atom. The summed E-state index contributed by atoms with van der Waals surface area (Å²) in [6.07, 6.45) is 5.59. The summed E-state index contributed by atoms with van der Waals surface area (Å²) in [7, 11) is -3.87. The number of carbonyl (C=O) groups excluding carboxylic acids is 2. The third kappa shape index (κ3) is 4.98. The van der Waals surface area contributed by atoms with E-state index in [4.69, 9.17) is 0 Å². The fourth-order valence-corrected chi connectivity index (χ4v) is 5.55. The summed E-state index contributed by atoms with van der Waals surface area (Å²) in [6.45, 7) is 5.82. The molecule has 1 aliphatic carbocycles. The average molecular weight is 422 g/mol. The van der Waals surface area contributed by atoms with Gasteiger partial charge in [-0.3, -0.25) is 9.59 Å². The summed E-state index contributed by atoms with van der Waals surface area (Å²) in [6, 6.07) is 4.13. The zero-order valence-corrected chi connectivity index (χ0v) is 18.2. The lowest BCUT2D eigenvalue weighted by molar-refractivity contribution is -0.124. The van der Waals surface area contributed by atoms with Crippen LogP contribution in [0.4, 0.5) is 5.69 Å². The van der Waals surface area contributed by atoms with Crippen molar-refractivity contribution in [1.82, 2.24) is 10.0 Å². The van der Waals surface area contributed by atoms with E-state index in [-0.39, 0.29) is 28.7 Å². The number of aryl methyl sites for hydroxylation is 1. The van der Waals surface area contributed by atoms with Crippen LogP contribution in [-0.2, 0) is 26.0 Å². The molecule has 0 aromatic heterocycles. The fourth-order valence-electron chi connectivity index (χ4n) is 4.16. The standard InChI is InChI=1S/C21H31N3O4S/c1-14(2)20(21(26)22-17-8-4-5-9-17)23-29(27,28)18-10-11-19-16(13-18)7-6-12-24(19)15(3)25/h10-11,13-14,17,20,23H,4-9,12H2,1-3H3,(H,22,26)/t20-/m1/s1. The molecule has 0 saturated heterocycles. The fraction of sp³-hybridized carbons (Fsp3) is 0.619. The number of anilines is 1. The van der Waals surface area contributed by atoms with Gasteiger partial charge in [-0.2, -0.15) is 4.72 Å². The molecule has 2 N–H and O–H groups in total. The maximum absolute atomic E-state index is 13.0. The van der Waals surface area contributed by atoms with E-state index in [0.717, 1.165) is 49.8 Å². The van der Waals surface area contributed by atoms with Gasteiger partial charge < -0.3 is 10.2 Å². The highest BCUT2D eigenvalue weighted by atomic mass is 32.2. The van der Waals surface area contributed by atoms with E-state index in [0.29, 0.717) is 6.54 Å². The highest BCUT2D eigenvalue weighted by molar-refractivity contribution is 7.89. The number of nitrogens with zero attached hydrogens (tertiary/aromatic N) is 1. The third-order valence-corrected chi connectivity index (χ3v) is 7.23. The highest BCUT2D eigenvalue weighted by Gasteiger charge is 2.31. The molecule has 0 spiro atoms. The van der Waals surface area contributed by atoms with Gasteiger partial charge >= 0.3 is 0 Å². The number of fused-ring (bicyclic) bond motifs is 1. The normalized spacial score (nSPS) is 18.6. The minimum atomic E-state index is -3.87. The van der Waals surface area contributed by atoms with Crippen molar-refractivity contribution < 1.29 is 18.0 Å². The lowest BCUT2D eigenvalue weighted by Crippen LogP contribution is -2.51. The summed E-state index contributed by atoms with van der Waals surface area (Å²) in [4.78, 5) is 26.4. The van der Waals surface area contributed by atoms with Gasteiger partial charge in [0.05, 0.1) is 4.90 Å². The van der Waals surface area contributed by atoms with Crippen LogP contribution in [0.2, 0.25) is 0 Å². The molecule has 0 bridgehead atoms. The van der Waals surface area contributed by atoms with Crippen molar-refractivity contribution in [2.24, 2.45) is 5.92 Å². The van der Waals surface area contributed by atoms with Gasteiger partial charge in [0.1, 0.15) is 6.04 Å². The molecule has 1 aliphatic heterocycles. The average Bonchev–Trinajstić information content (AvgIpc) is 3.17. The molecule has 2 amide bonds. The molecule has 1 heterocycles. The molecular weight excluding hydrogens is 390 g/mol. The molecule has 1 aromatic rings. The molecule has 2 aliphatic rings. The SMILES string of the molecule is CC(=O)N1CCCc2cc(S(=O)(=O)N[C@@H](C(=O)NC3CCCC3)C(C)C)ccc21. The van der Waals surface area contributed by atoms with Crippen LogP contribution in [0.15, 0.2) is 23.1 Å². The number of benzene rings is 1. The number of amides is 2. The molecule has 1 aromatic carbocycles. The number of hydrogen-bond acceptors (Lipinski definition) is 4. The smallest absolute Gasteiger partial charge is 0.241 e. The maximum Gasteiger partial charge on any atom is 0.241 e. The zero-order valence-electron chi connectivity index (χ0n) is 17.4. The second-order valence-corrected chi connectivity index (χ2v) is 10.1. The van der Waals surface area contributed by atoms with Crippen LogP contribution in [0, 0.1) is 5.92 Å². The van der Waals surface area contributed by atoms with Crippen molar-refractivity contribution in [1.29, 1.82) is 0 Å². The molecule has 160 valence electrons. The molecule has 0 unspecified atom stereocenters. The van der Waals surface area contributed by atoms with Crippen molar-refractivity contribution in [2.45, 2.75) is 76.3 Å². The van der Waals surface area contributed by atoms with E-state index in [2.05, 4.69) is 10.0 Å². The van der Waals surface area contributed by atoms with Gasteiger partial charge in [0.2, 0.25) is 21.8 Å². The Bertz CT molecular complexity index is 876. The molecule has 8 heteroatoms. The Morgan fingerprint density at radius 1 is 1.14 bits per heavy atom. The van der Waals surface area contributed by atoms with E-state index in [9.17, 15) is 18.0 Å². The summed E-state index contributed by atoms with van der Waals surface area (Å²) in [5.41, 5.74) is 1.60. The minimum Gasteiger partial charge on any atom is -0.352 e. The van der Waals surface area contributed by atoms with Gasteiger partial charge in [-0.15, -0.1) is 0 Å². The molecule has 3 rings (SSSR count). The van der Waals surface area contributed by atoms with Gasteiger partial charge in [0, 0.05) is 25.2 Å². The summed E-state index contributed by atoms with van der Waals surface area (Å²) >= 11 is 0. The van der Waals surface area contributed by atoms with Gasteiger partial charge in [-0.25, -0.2) is 8.42 Å². The Kier molecular flexibility index (Phi) is 6.63. The first kappa shape index (κ1) is 21.8. The maximum atomic E-state index is 13.0. The van der Waals surface area contributed by atoms with Crippen molar-refractivity contribution in [2.75, 3.05) is 11.4 Å². The van der Waals surface area contributed by atoms with E-state index < -0.39 is 16.1 Å². The monoisotopic (exact) mass is 421 g/mol. The minimum absolute atomic E-state index is 0.0527. The lowest BCUT2D eigenvalue weighted by Gasteiger charge is -2.29. The van der Waals surface area contributed by atoms with E-state index in [1.54, 1.807) is 17.0 Å².